The second kappa shape index (κ2) is 12.8. The Bertz CT molecular complexity index is 1210. The molecule has 0 spiro atoms. The summed E-state index contributed by atoms with van der Waals surface area (Å²) in [7, 11) is -3.60. The molecule has 0 heterocycles. The molecule has 1 N–H and O–H groups in total. The molecule has 0 aliphatic carbocycles. The van der Waals surface area contributed by atoms with Crippen LogP contribution in [0.25, 0.3) is 0 Å². The summed E-state index contributed by atoms with van der Waals surface area (Å²) < 4.78 is 26.5. The Morgan fingerprint density at radius 3 is 2.32 bits per heavy atom. The van der Waals surface area contributed by atoms with E-state index in [1.54, 1.807) is 23.1 Å². The van der Waals surface area contributed by atoms with Crippen LogP contribution in [0.3, 0.4) is 0 Å². The van der Waals surface area contributed by atoms with E-state index in [2.05, 4.69) is 5.32 Å². The van der Waals surface area contributed by atoms with Gasteiger partial charge in [0.15, 0.2) is 0 Å². The van der Waals surface area contributed by atoms with E-state index in [1.807, 2.05) is 65.8 Å². The van der Waals surface area contributed by atoms with Gasteiger partial charge in [0.2, 0.25) is 21.8 Å². The van der Waals surface area contributed by atoms with E-state index in [-0.39, 0.29) is 24.8 Å². The smallest absolute Gasteiger partial charge is 0.243 e. The Balaban J connectivity index is 2.28. The van der Waals surface area contributed by atoms with Crippen LogP contribution in [0.15, 0.2) is 42.5 Å². The molecular formula is C28H40ClN3O4S. The van der Waals surface area contributed by atoms with Crippen molar-refractivity contribution in [3.8, 4) is 0 Å². The molecule has 204 valence electrons. The van der Waals surface area contributed by atoms with E-state index < -0.39 is 21.6 Å². The molecule has 37 heavy (non-hydrogen) atoms. The lowest BCUT2D eigenvalue weighted by Crippen LogP contribution is -2.53. The second-order valence-electron chi connectivity index (χ2n) is 10.5. The largest absolute Gasteiger partial charge is 0.350 e. The quantitative estimate of drug-likeness (QED) is 0.416. The van der Waals surface area contributed by atoms with E-state index in [9.17, 15) is 18.0 Å². The summed E-state index contributed by atoms with van der Waals surface area (Å²) in [6.07, 6.45) is 1.98. The zero-order valence-corrected chi connectivity index (χ0v) is 24.5. The number of carbonyl (C=O) groups excluding carboxylic acids is 2. The Morgan fingerprint density at radius 1 is 1.08 bits per heavy atom. The van der Waals surface area contributed by atoms with Crippen molar-refractivity contribution in [3.05, 3.63) is 64.2 Å². The van der Waals surface area contributed by atoms with Crippen LogP contribution in [0.2, 0.25) is 5.02 Å². The fourth-order valence-electron chi connectivity index (χ4n) is 4.21. The van der Waals surface area contributed by atoms with Crippen molar-refractivity contribution in [2.45, 2.75) is 78.9 Å². The van der Waals surface area contributed by atoms with Gasteiger partial charge in [-0.25, -0.2) is 8.42 Å². The van der Waals surface area contributed by atoms with Gasteiger partial charge in [0.1, 0.15) is 6.04 Å². The Kier molecular flexibility index (Phi) is 10.6. The number of anilines is 1. The third-order valence-corrected chi connectivity index (χ3v) is 7.33. The average Bonchev–Trinajstić information content (AvgIpc) is 2.76. The van der Waals surface area contributed by atoms with E-state index in [1.165, 1.54) is 4.31 Å². The SMILES string of the molecule is CCC(C(=O)NC(C)(C)C)N(Cc1cccc(C)c1)C(=O)CCCN(c1cc(Cl)ccc1C)S(C)(=O)=O. The van der Waals surface area contributed by atoms with Gasteiger partial charge in [-0.3, -0.25) is 13.9 Å². The van der Waals surface area contributed by atoms with Crippen LogP contribution in [0, 0.1) is 13.8 Å². The highest BCUT2D eigenvalue weighted by atomic mass is 35.5. The first-order chi connectivity index (χ1) is 17.1. The van der Waals surface area contributed by atoms with Crippen LogP contribution in [0.4, 0.5) is 5.69 Å². The Morgan fingerprint density at radius 2 is 1.76 bits per heavy atom. The summed E-state index contributed by atoms with van der Waals surface area (Å²) >= 11 is 6.13. The van der Waals surface area contributed by atoms with Crippen molar-refractivity contribution in [2.24, 2.45) is 0 Å². The van der Waals surface area contributed by atoms with Gasteiger partial charge in [0, 0.05) is 30.1 Å². The van der Waals surface area contributed by atoms with Crippen molar-refractivity contribution in [3.63, 3.8) is 0 Å². The first-order valence-electron chi connectivity index (χ1n) is 12.5. The predicted molar refractivity (Wildman–Crippen MR) is 151 cm³/mol. The van der Waals surface area contributed by atoms with Gasteiger partial charge in [-0.1, -0.05) is 54.4 Å². The maximum absolute atomic E-state index is 13.5. The van der Waals surface area contributed by atoms with E-state index in [0.717, 1.165) is 22.9 Å². The van der Waals surface area contributed by atoms with Crippen molar-refractivity contribution < 1.29 is 18.0 Å². The van der Waals surface area contributed by atoms with Crippen LogP contribution in [0.5, 0.6) is 0 Å². The molecule has 0 radical (unpaired) electrons. The lowest BCUT2D eigenvalue weighted by atomic mass is 10.0. The topological polar surface area (TPSA) is 86.8 Å². The van der Waals surface area contributed by atoms with Crippen molar-refractivity contribution >= 4 is 39.1 Å². The molecule has 2 rings (SSSR count). The molecule has 0 fully saturated rings. The number of rotatable bonds is 11. The number of carbonyl (C=O) groups is 2. The summed E-state index contributed by atoms with van der Waals surface area (Å²) in [4.78, 5) is 28.3. The number of nitrogens with zero attached hydrogens (tertiary/aromatic N) is 2. The van der Waals surface area contributed by atoms with Crippen molar-refractivity contribution in [1.82, 2.24) is 10.2 Å². The highest BCUT2D eigenvalue weighted by Gasteiger charge is 2.31. The highest BCUT2D eigenvalue weighted by Crippen LogP contribution is 2.27. The molecule has 0 aliphatic heterocycles. The number of aryl methyl sites for hydroxylation is 2. The summed E-state index contributed by atoms with van der Waals surface area (Å²) in [6, 6.07) is 12.3. The molecule has 2 aromatic rings. The van der Waals surface area contributed by atoms with Crippen LogP contribution < -0.4 is 9.62 Å². The molecule has 0 bridgehead atoms. The van der Waals surface area contributed by atoms with Crippen LogP contribution in [0.1, 0.15) is 63.6 Å². The van der Waals surface area contributed by atoms with Gasteiger partial charge >= 0.3 is 0 Å². The number of hydrogen-bond donors (Lipinski definition) is 1. The number of nitrogens with one attached hydrogen (secondary N) is 1. The van der Waals surface area contributed by atoms with Gasteiger partial charge in [0.05, 0.1) is 11.9 Å². The minimum atomic E-state index is -3.60. The summed E-state index contributed by atoms with van der Waals surface area (Å²) in [5, 5.41) is 3.43. The standard InChI is InChI=1S/C28H40ClN3O4S/c1-8-24(27(34)30-28(4,5)6)31(19-22-12-9-11-20(2)17-22)26(33)13-10-16-32(37(7,35)36)25-18-23(29)15-14-21(25)3/h9,11-12,14-15,17-18,24H,8,10,13,16,19H2,1-7H3,(H,30,34). The summed E-state index contributed by atoms with van der Waals surface area (Å²) in [6.45, 7) is 11.8. The van der Waals surface area contributed by atoms with Crippen LogP contribution in [-0.2, 0) is 26.2 Å². The van der Waals surface area contributed by atoms with Gasteiger partial charge in [-0.2, -0.15) is 0 Å². The lowest BCUT2D eigenvalue weighted by Gasteiger charge is -2.33. The van der Waals surface area contributed by atoms with Crippen molar-refractivity contribution in [1.29, 1.82) is 0 Å². The number of sulfonamides is 1. The number of amides is 2. The maximum atomic E-state index is 13.5. The zero-order valence-electron chi connectivity index (χ0n) is 23.0. The first-order valence-corrected chi connectivity index (χ1v) is 14.8. The number of hydrogen-bond acceptors (Lipinski definition) is 4. The molecule has 0 aromatic heterocycles. The fraction of sp³-hybridized carbons (Fsp3) is 0.500. The molecular weight excluding hydrogens is 510 g/mol. The first kappa shape index (κ1) is 30.6. The summed E-state index contributed by atoms with van der Waals surface area (Å²) in [5.41, 5.74) is 2.83. The summed E-state index contributed by atoms with van der Waals surface area (Å²) in [5.74, 6) is -0.406. The van der Waals surface area contributed by atoms with E-state index in [0.29, 0.717) is 30.1 Å². The predicted octanol–water partition coefficient (Wildman–Crippen LogP) is 5.23. The van der Waals surface area contributed by atoms with E-state index >= 15 is 0 Å². The third kappa shape index (κ3) is 9.34. The highest BCUT2D eigenvalue weighted by molar-refractivity contribution is 7.92. The monoisotopic (exact) mass is 549 g/mol. The number of halogens is 1. The second-order valence-corrected chi connectivity index (χ2v) is 12.9. The van der Waals surface area contributed by atoms with Crippen LogP contribution >= 0.6 is 11.6 Å². The molecule has 2 amide bonds. The van der Waals surface area contributed by atoms with Gasteiger partial charge in [0.25, 0.3) is 0 Å². The Labute approximate surface area is 227 Å². The molecule has 0 aliphatic rings. The molecule has 1 unspecified atom stereocenters. The minimum absolute atomic E-state index is 0.0940. The normalized spacial score (nSPS) is 12.6. The molecule has 7 nitrogen and oxygen atoms in total. The zero-order chi connectivity index (χ0) is 28.0. The molecule has 1 atom stereocenters. The van der Waals surface area contributed by atoms with Gasteiger partial charge in [-0.05, 0) is 70.7 Å². The minimum Gasteiger partial charge on any atom is -0.350 e. The van der Waals surface area contributed by atoms with Crippen molar-refractivity contribution in [2.75, 3.05) is 17.1 Å². The fourth-order valence-corrected chi connectivity index (χ4v) is 5.39. The van der Waals surface area contributed by atoms with Gasteiger partial charge in [-0.15, -0.1) is 0 Å². The average molecular weight is 550 g/mol. The Hall–Kier alpha value is -2.58. The van der Waals surface area contributed by atoms with E-state index in [4.69, 9.17) is 11.6 Å². The molecule has 9 heteroatoms. The molecule has 0 saturated carbocycles. The lowest BCUT2D eigenvalue weighted by molar-refractivity contribution is -0.142. The number of benzene rings is 2. The van der Waals surface area contributed by atoms with Gasteiger partial charge < -0.3 is 10.2 Å². The third-order valence-electron chi connectivity index (χ3n) is 5.91. The molecule has 2 aromatic carbocycles. The maximum Gasteiger partial charge on any atom is 0.243 e. The molecule has 0 saturated heterocycles. The van der Waals surface area contributed by atoms with Crippen LogP contribution in [-0.4, -0.2) is 49.5 Å².